The van der Waals surface area contributed by atoms with Crippen molar-refractivity contribution in [1.82, 2.24) is 4.72 Å². The first kappa shape index (κ1) is 13.6. The monoisotopic (exact) mass is 252 g/mol. The first-order valence-electron chi connectivity index (χ1n) is 5.27. The Balaban J connectivity index is 2.70. The van der Waals surface area contributed by atoms with E-state index in [-0.39, 0.29) is 4.90 Å². The molecule has 5 heteroatoms. The standard InChI is InChI=1S/C12H16N2O2S/c1-3-4-5-10-14-17(15,16)12-8-6-11(13-2)7-9-12/h6-9,13-14H,5,10H2,1-2H3. The van der Waals surface area contributed by atoms with E-state index in [1.54, 1.807) is 38.2 Å². The third-order valence-electron chi connectivity index (χ3n) is 2.17. The van der Waals surface area contributed by atoms with Crippen molar-refractivity contribution >= 4 is 15.7 Å². The van der Waals surface area contributed by atoms with Gasteiger partial charge >= 0.3 is 0 Å². The molecule has 0 aliphatic rings. The molecule has 1 aromatic carbocycles. The van der Waals surface area contributed by atoms with Crippen LogP contribution in [0.2, 0.25) is 0 Å². The molecule has 0 aromatic heterocycles. The van der Waals surface area contributed by atoms with Gasteiger partial charge in [0.2, 0.25) is 10.0 Å². The van der Waals surface area contributed by atoms with Crippen LogP contribution in [0.1, 0.15) is 13.3 Å². The summed E-state index contributed by atoms with van der Waals surface area (Å²) in [5.74, 6) is 5.52. The number of rotatable bonds is 5. The molecule has 0 aliphatic carbocycles. The van der Waals surface area contributed by atoms with Crippen LogP contribution in [0.4, 0.5) is 5.69 Å². The van der Waals surface area contributed by atoms with Crippen molar-refractivity contribution in [2.24, 2.45) is 0 Å². The fourth-order valence-corrected chi connectivity index (χ4v) is 2.29. The van der Waals surface area contributed by atoms with Gasteiger partial charge in [-0.3, -0.25) is 0 Å². The summed E-state index contributed by atoms with van der Waals surface area (Å²) in [7, 11) is -1.63. The normalized spacial score (nSPS) is 10.5. The number of benzene rings is 1. The maximum Gasteiger partial charge on any atom is 0.240 e. The van der Waals surface area contributed by atoms with E-state index in [0.717, 1.165) is 5.69 Å². The van der Waals surface area contributed by atoms with Crippen LogP contribution in [0.25, 0.3) is 0 Å². The zero-order valence-corrected chi connectivity index (χ0v) is 10.8. The number of nitrogens with one attached hydrogen (secondary N) is 2. The third-order valence-corrected chi connectivity index (χ3v) is 3.65. The Morgan fingerprint density at radius 3 is 2.41 bits per heavy atom. The van der Waals surface area contributed by atoms with Crippen molar-refractivity contribution in [3.63, 3.8) is 0 Å². The fourth-order valence-electron chi connectivity index (χ4n) is 1.26. The number of hydrogen-bond acceptors (Lipinski definition) is 3. The first-order chi connectivity index (χ1) is 8.10. The van der Waals surface area contributed by atoms with E-state index in [4.69, 9.17) is 0 Å². The maximum absolute atomic E-state index is 11.8. The summed E-state index contributed by atoms with van der Waals surface area (Å²) >= 11 is 0. The van der Waals surface area contributed by atoms with Gasteiger partial charge in [0.15, 0.2) is 0 Å². The minimum Gasteiger partial charge on any atom is -0.388 e. The minimum atomic E-state index is -3.41. The van der Waals surface area contributed by atoms with Crippen LogP contribution in [0, 0.1) is 11.8 Å². The van der Waals surface area contributed by atoms with Crippen molar-refractivity contribution in [3.8, 4) is 11.8 Å². The van der Waals surface area contributed by atoms with E-state index in [9.17, 15) is 8.42 Å². The van der Waals surface area contributed by atoms with Crippen molar-refractivity contribution in [3.05, 3.63) is 24.3 Å². The highest BCUT2D eigenvalue weighted by atomic mass is 32.2. The second-order valence-corrected chi connectivity index (χ2v) is 5.12. The Hall–Kier alpha value is -1.51. The number of hydrogen-bond donors (Lipinski definition) is 2. The van der Waals surface area contributed by atoms with Gasteiger partial charge in [-0.2, -0.15) is 0 Å². The lowest BCUT2D eigenvalue weighted by atomic mass is 10.3. The summed E-state index contributed by atoms with van der Waals surface area (Å²) in [6.07, 6.45) is 0.518. The molecule has 1 rings (SSSR count). The summed E-state index contributed by atoms with van der Waals surface area (Å²) in [6, 6.07) is 6.58. The lowest BCUT2D eigenvalue weighted by molar-refractivity contribution is 0.582. The molecule has 2 N–H and O–H groups in total. The highest BCUT2D eigenvalue weighted by Gasteiger charge is 2.12. The van der Waals surface area contributed by atoms with E-state index in [1.165, 1.54) is 0 Å². The second kappa shape index (κ2) is 6.28. The Morgan fingerprint density at radius 2 is 1.88 bits per heavy atom. The van der Waals surface area contributed by atoms with Gasteiger partial charge in [-0.05, 0) is 31.2 Å². The van der Waals surface area contributed by atoms with Gasteiger partial charge in [-0.15, -0.1) is 11.8 Å². The average Bonchev–Trinajstić information content (AvgIpc) is 2.35. The van der Waals surface area contributed by atoms with Crippen LogP contribution in [0.3, 0.4) is 0 Å². The highest BCUT2D eigenvalue weighted by molar-refractivity contribution is 7.89. The molecule has 17 heavy (non-hydrogen) atoms. The Bertz CT molecular complexity index is 510. The predicted molar refractivity (Wildman–Crippen MR) is 69.2 cm³/mol. The minimum absolute atomic E-state index is 0.265. The van der Waals surface area contributed by atoms with Crippen LogP contribution < -0.4 is 10.0 Å². The van der Waals surface area contributed by atoms with E-state index in [0.29, 0.717) is 13.0 Å². The highest BCUT2D eigenvalue weighted by Crippen LogP contribution is 2.13. The molecule has 0 atom stereocenters. The number of anilines is 1. The van der Waals surface area contributed by atoms with Crippen LogP contribution in [-0.4, -0.2) is 22.0 Å². The molecule has 0 spiro atoms. The first-order valence-corrected chi connectivity index (χ1v) is 6.75. The van der Waals surface area contributed by atoms with Crippen molar-refractivity contribution < 1.29 is 8.42 Å². The topological polar surface area (TPSA) is 58.2 Å². The predicted octanol–water partition coefficient (Wildman–Crippen LogP) is 1.42. The maximum atomic E-state index is 11.8. The Labute approximate surface area is 102 Å². The molecule has 0 heterocycles. The van der Waals surface area contributed by atoms with Gasteiger partial charge in [0.05, 0.1) is 4.90 Å². The SMILES string of the molecule is CC#CCCNS(=O)(=O)c1ccc(NC)cc1. The molecule has 0 saturated heterocycles. The second-order valence-electron chi connectivity index (χ2n) is 3.35. The lowest BCUT2D eigenvalue weighted by Gasteiger charge is -2.06. The molecule has 0 radical (unpaired) electrons. The number of sulfonamides is 1. The van der Waals surface area contributed by atoms with E-state index >= 15 is 0 Å². The smallest absolute Gasteiger partial charge is 0.240 e. The molecule has 0 bridgehead atoms. The van der Waals surface area contributed by atoms with Crippen molar-refractivity contribution in [2.75, 3.05) is 18.9 Å². The van der Waals surface area contributed by atoms with Gasteiger partial charge in [0.1, 0.15) is 0 Å². The van der Waals surface area contributed by atoms with Gasteiger partial charge in [0.25, 0.3) is 0 Å². The van der Waals surface area contributed by atoms with E-state index in [2.05, 4.69) is 21.9 Å². The molecule has 0 aliphatic heterocycles. The van der Waals surface area contributed by atoms with Gasteiger partial charge in [0, 0.05) is 25.7 Å². The zero-order valence-electron chi connectivity index (χ0n) is 9.95. The van der Waals surface area contributed by atoms with Gasteiger partial charge < -0.3 is 5.32 Å². The zero-order chi connectivity index (χ0) is 12.7. The van der Waals surface area contributed by atoms with Crippen LogP contribution in [0.15, 0.2) is 29.2 Å². The summed E-state index contributed by atoms with van der Waals surface area (Å²) < 4.78 is 26.1. The van der Waals surface area contributed by atoms with Gasteiger partial charge in [-0.25, -0.2) is 13.1 Å². The summed E-state index contributed by atoms with van der Waals surface area (Å²) in [6.45, 7) is 2.06. The van der Waals surface area contributed by atoms with Crippen LogP contribution in [-0.2, 0) is 10.0 Å². The van der Waals surface area contributed by atoms with E-state index in [1.807, 2.05) is 0 Å². The van der Waals surface area contributed by atoms with Crippen molar-refractivity contribution in [2.45, 2.75) is 18.2 Å². The van der Waals surface area contributed by atoms with Crippen LogP contribution in [0.5, 0.6) is 0 Å². The van der Waals surface area contributed by atoms with Crippen molar-refractivity contribution in [1.29, 1.82) is 0 Å². The van der Waals surface area contributed by atoms with E-state index < -0.39 is 10.0 Å². The molecule has 0 amide bonds. The molecule has 4 nitrogen and oxygen atoms in total. The Kier molecular flexibility index (Phi) is 5.01. The Morgan fingerprint density at radius 1 is 1.24 bits per heavy atom. The average molecular weight is 252 g/mol. The summed E-state index contributed by atoms with van der Waals surface area (Å²) in [5, 5.41) is 2.93. The molecule has 1 aromatic rings. The molecular formula is C12H16N2O2S. The molecule has 0 fully saturated rings. The molecule has 92 valence electrons. The largest absolute Gasteiger partial charge is 0.388 e. The third kappa shape index (κ3) is 4.10. The quantitative estimate of drug-likeness (QED) is 0.615. The van der Waals surface area contributed by atoms with Gasteiger partial charge in [-0.1, -0.05) is 0 Å². The molecule has 0 saturated carbocycles. The molecular weight excluding hydrogens is 236 g/mol. The lowest BCUT2D eigenvalue weighted by Crippen LogP contribution is -2.24. The fraction of sp³-hybridized carbons (Fsp3) is 0.333. The molecule has 0 unspecified atom stereocenters. The van der Waals surface area contributed by atoms with Crippen LogP contribution >= 0.6 is 0 Å². The summed E-state index contributed by atoms with van der Waals surface area (Å²) in [4.78, 5) is 0.265. The summed E-state index contributed by atoms with van der Waals surface area (Å²) in [5.41, 5.74) is 0.876.